The molecule has 0 radical (unpaired) electrons. The zero-order valence-corrected chi connectivity index (χ0v) is 11.9. The van der Waals surface area contributed by atoms with Crippen molar-refractivity contribution in [2.45, 2.75) is 33.6 Å². The number of carbonyl (C=O) groups excluding carboxylic acids is 1. The first-order chi connectivity index (χ1) is 8.35. The topological polar surface area (TPSA) is 35.5 Å². The first-order valence-electron chi connectivity index (χ1n) is 6.08. The van der Waals surface area contributed by atoms with Crippen LogP contribution in [0.1, 0.15) is 32.8 Å². The number of ketones is 1. The summed E-state index contributed by atoms with van der Waals surface area (Å²) in [6, 6.07) is 5.60. The molecule has 0 heterocycles. The largest absolute Gasteiger partial charge is 0.493 e. The van der Waals surface area contributed by atoms with Crippen LogP contribution >= 0.6 is 0 Å². The summed E-state index contributed by atoms with van der Waals surface area (Å²) in [5.74, 6) is 1.60. The molecule has 3 nitrogen and oxygen atoms in total. The number of ether oxygens (including phenoxy) is 2. The van der Waals surface area contributed by atoms with Crippen LogP contribution in [0, 0.1) is 5.41 Å². The predicted molar refractivity (Wildman–Crippen MR) is 72.3 cm³/mol. The molecular weight excluding hydrogens is 228 g/mol. The molecule has 0 aliphatic heterocycles. The minimum absolute atomic E-state index is 0.0354. The van der Waals surface area contributed by atoms with Gasteiger partial charge in [0.2, 0.25) is 0 Å². The Bertz CT molecular complexity index is 416. The summed E-state index contributed by atoms with van der Waals surface area (Å²) >= 11 is 0. The van der Waals surface area contributed by atoms with Crippen molar-refractivity contribution in [1.29, 1.82) is 0 Å². The maximum Gasteiger partial charge on any atom is 0.161 e. The second kappa shape index (κ2) is 5.89. The van der Waals surface area contributed by atoms with Gasteiger partial charge in [-0.25, -0.2) is 0 Å². The van der Waals surface area contributed by atoms with Gasteiger partial charge in [0.1, 0.15) is 5.78 Å². The Morgan fingerprint density at radius 2 is 1.72 bits per heavy atom. The number of hydrogen-bond donors (Lipinski definition) is 0. The summed E-state index contributed by atoms with van der Waals surface area (Å²) in [7, 11) is 3.20. The van der Waals surface area contributed by atoms with Crippen LogP contribution < -0.4 is 9.47 Å². The molecule has 0 bridgehead atoms. The molecule has 1 aromatic rings. The average Bonchev–Trinajstić information content (AvgIpc) is 2.26. The highest BCUT2D eigenvalue weighted by Crippen LogP contribution is 2.28. The van der Waals surface area contributed by atoms with Gasteiger partial charge in [0.25, 0.3) is 0 Å². The fraction of sp³-hybridized carbons (Fsp3) is 0.533. The standard InChI is InChI=1S/C15H22O3/c1-15(2,3)10-12(16)8-11-6-7-13(17-4)14(9-11)18-5/h6-7,9H,8,10H2,1-5H3. The Balaban J connectivity index is 2.76. The third-order valence-corrected chi connectivity index (χ3v) is 2.58. The van der Waals surface area contributed by atoms with Crippen molar-refractivity contribution in [3.8, 4) is 11.5 Å². The van der Waals surface area contributed by atoms with E-state index in [0.29, 0.717) is 24.3 Å². The summed E-state index contributed by atoms with van der Waals surface area (Å²) in [5.41, 5.74) is 0.995. The molecule has 0 amide bonds. The molecule has 0 aliphatic carbocycles. The lowest BCUT2D eigenvalue weighted by Crippen LogP contribution is -2.14. The van der Waals surface area contributed by atoms with Crippen molar-refractivity contribution in [2.24, 2.45) is 5.41 Å². The van der Waals surface area contributed by atoms with Crippen LogP contribution in [0.3, 0.4) is 0 Å². The normalized spacial score (nSPS) is 11.2. The van der Waals surface area contributed by atoms with Gasteiger partial charge in [0.05, 0.1) is 14.2 Å². The van der Waals surface area contributed by atoms with Crippen molar-refractivity contribution in [3.05, 3.63) is 23.8 Å². The highest BCUT2D eigenvalue weighted by atomic mass is 16.5. The maximum atomic E-state index is 11.9. The minimum atomic E-state index is 0.0354. The molecule has 1 rings (SSSR count). The molecule has 0 saturated heterocycles. The van der Waals surface area contributed by atoms with Crippen LogP contribution in [0.15, 0.2) is 18.2 Å². The van der Waals surface area contributed by atoms with Gasteiger partial charge in [0.15, 0.2) is 11.5 Å². The van der Waals surface area contributed by atoms with Gasteiger partial charge < -0.3 is 9.47 Å². The SMILES string of the molecule is COc1ccc(CC(=O)CC(C)(C)C)cc1OC. The third-order valence-electron chi connectivity index (χ3n) is 2.58. The Morgan fingerprint density at radius 3 is 2.22 bits per heavy atom. The van der Waals surface area contributed by atoms with Gasteiger partial charge in [0, 0.05) is 12.8 Å². The Kier molecular flexibility index (Phi) is 4.76. The third kappa shape index (κ3) is 4.40. The van der Waals surface area contributed by atoms with E-state index in [2.05, 4.69) is 20.8 Å². The molecule has 1 aromatic carbocycles. The first kappa shape index (κ1) is 14.6. The van der Waals surface area contributed by atoms with Crippen molar-refractivity contribution < 1.29 is 14.3 Å². The zero-order chi connectivity index (χ0) is 13.8. The Labute approximate surface area is 109 Å². The molecule has 0 atom stereocenters. The van der Waals surface area contributed by atoms with E-state index < -0.39 is 0 Å². The second-order valence-electron chi connectivity index (χ2n) is 5.64. The molecule has 0 spiro atoms. The van der Waals surface area contributed by atoms with Gasteiger partial charge >= 0.3 is 0 Å². The van der Waals surface area contributed by atoms with Gasteiger partial charge in [-0.05, 0) is 23.1 Å². The number of rotatable bonds is 5. The lowest BCUT2D eigenvalue weighted by molar-refractivity contribution is -0.120. The van der Waals surface area contributed by atoms with Crippen molar-refractivity contribution in [2.75, 3.05) is 14.2 Å². The number of benzene rings is 1. The van der Waals surface area contributed by atoms with Gasteiger partial charge in [-0.1, -0.05) is 26.8 Å². The van der Waals surface area contributed by atoms with Crippen LogP contribution in [0.5, 0.6) is 11.5 Å². The molecule has 0 saturated carbocycles. The summed E-state index contributed by atoms with van der Waals surface area (Å²) in [6.07, 6.45) is 1.03. The summed E-state index contributed by atoms with van der Waals surface area (Å²) in [4.78, 5) is 11.9. The van der Waals surface area contributed by atoms with Crippen LogP contribution in [0.2, 0.25) is 0 Å². The number of hydrogen-bond acceptors (Lipinski definition) is 3. The van der Waals surface area contributed by atoms with E-state index in [-0.39, 0.29) is 11.2 Å². The summed E-state index contributed by atoms with van der Waals surface area (Å²) in [5, 5.41) is 0. The van der Waals surface area contributed by atoms with Crippen molar-refractivity contribution in [3.63, 3.8) is 0 Å². The molecule has 100 valence electrons. The van der Waals surface area contributed by atoms with E-state index in [4.69, 9.17) is 9.47 Å². The molecule has 0 unspecified atom stereocenters. The maximum absolute atomic E-state index is 11.9. The van der Waals surface area contributed by atoms with E-state index in [0.717, 1.165) is 5.56 Å². The van der Waals surface area contributed by atoms with Crippen LogP contribution in [0.25, 0.3) is 0 Å². The molecular formula is C15H22O3. The first-order valence-corrected chi connectivity index (χ1v) is 6.08. The molecule has 3 heteroatoms. The summed E-state index contributed by atoms with van der Waals surface area (Å²) < 4.78 is 10.4. The van der Waals surface area contributed by atoms with Gasteiger partial charge in [-0.15, -0.1) is 0 Å². The molecule has 0 fully saturated rings. The number of carbonyl (C=O) groups is 1. The monoisotopic (exact) mass is 250 g/mol. The lowest BCUT2D eigenvalue weighted by atomic mass is 9.88. The quantitative estimate of drug-likeness (QED) is 0.804. The van der Waals surface area contributed by atoms with Crippen LogP contribution in [-0.2, 0) is 11.2 Å². The fourth-order valence-electron chi connectivity index (χ4n) is 1.87. The molecule has 0 aromatic heterocycles. The highest BCUT2D eigenvalue weighted by Gasteiger charge is 2.16. The van der Waals surface area contributed by atoms with E-state index in [9.17, 15) is 4.79 Å². The lowest BCUT2D eigenvalue weighted by Gasteiger charge is -2.17. The number of Topliss-reactive ketones (excluding diaryl/α,β-unsaturated/α-hetero) is 1. The van der Waals surface area contributed by atoms with Crippen molar-refractivity contribution >= 4 is 5.78 Å². The van der Waals surface area contributed by atoms with Crippen LogP contribution in [0.4, 0.5) is 0 Å². The zero-order valence-electron chi connectivity index (χ0n) is 11.9. The highest BCUT2D eigenvalue weighted by molar-refractivity contribution is 5.81. The molecule has 0 aliphatic rings. The Morgan fingerprint density at radius 1 is 1.11 bits per heavy atom. The van der Waals surface area contributed by atoms with E-state index in [1.165, 1.54) is 0 Å². The van der Waals surface area contributed by atoms with E-state index >= 15 is 0 Å². The predicted octanol–water partition coefficient (Wildman–Crippen LogP) is 3.25. The number of methoxy groups -OCH3 is 2. The molecule has 18 heavy (non-hydrogen) atoms. The van der Waals surface area contributed by atoms with Crippen LogP contribution in [-0.4, -0.2) is 20.0 Å². The minimum Gasteiger partial charge on any atom is -0.493 e. The van der Waals surface area contributed by atoms with E-state index in [1.54, 1.807) is 14.2 Å². The summed E-state index contributed by atoms with van der Waals surface area (Å²) in [6.45, 7) is 6.21. The van der Waals surface area contributed by atoms with E-state index in [1.807, 2.05) is 18.2 Å². The van der Waals surface area contributed by atoms with Crippen molar-refractivity contribution in [1.82, 2.24) is 0 Å². The second-order valence-corrected chi connectivity index (χ2v) is 5.64. The van der Waals surface area contributed by atoms with Gasteiger partial charge in [-0.2, -0.15) is 0 Å². The Hall–Kier alpha value is -1.51. The van der Waals surface area contributed by atoms with Gasteiger partial charge in [-0.3, -0.25) is 4.79 Å². The average molecular weight is 250 g/mol. The molecule has 0 N–H and O–H groups in total. The smallest absolute Gasteiger partial charge is 0.161 e. The fourth-order valence-corrected chi connectivity index (χ4v) is 1.87.